The van der Waals surface area contributed by atoms with E-state index in [1.165, 1.54) is 11.9 Å². The third-order valence-electron chi connectivity index (χ3n) is 4.27. The molecule has 1 aliphatic heterocycles. The van der Waals surface area contributed by atoms with Gasteiger partial charge in [0.1, 0.15) is 24.2 Å². The first-order valence-electron chi connectivity index (χ1n) is 7.44. The maximum Gasteiger partial charge on any atom is 0.237 e. The number of rotatable bonds is 3. The summed E-state index contributed by atoms with van der Waals surface area (Å²) >= 11 is 0. The van der Waals surface area contributed by atoms with Crippen molar-refractivity contribution >= 4 is 22.8 Å². The van der Waals surface area contributed by atoms with E-state index in [1.54, 1.807) is 4.90 Å². The minimum absolute atomic E-state index is 0.0272. The van der Waals surface area contributed by atoms with Gasteiger partial charge >= 0.3 is 0 Å². The Labute approximate surface area is 134 Å². The molecule has 0 saturated heterocycles. The van der Waals surface area contributed by atoms with E-state index in [1.807, 2.05) is 31.5 Å². The fourth-order valence-corrected chi connectivity index (χ4v) is 2.92. The van der Waals surface area contributed by atoms with Gasteiger partial charge in [0.05, 0.1) is 17.5 Å². The SMILES string of the molecule is CC1=CCN(C(=O)CC#N)CC1N(C)c1ncnc2[nH]ccc12. The third-order valence-corrected chi connectivity index (χ3v) is 4.27. The molecule has 0 aliphatic carbocycles. The molecule has 0 saturated carbocycles. The summed E-state index contributed by atoms with van der Waals surface area (Å²) in [5, 5.41) is 9.67. The highest BCUT2D eigenvalue weighted by atomic mass is 16.2. The van der Waals surface area contributed by atoms with Crippen molar-refractivity contribution in [3.05, 3.63) is 30.2 Å². The molecule has 1 N–H and O–H groups in total. The molecule has 0 aromatic carbocycles. The molecule has 1 amide bonds. The molecule has 7 heteroatoms. The summed E-state index contributed by atoms with van der Waals surface area (Å²) in [5.74, 6) is 0.688. The predicted molar refractivity (Wildman–Crippen MR) is 86.6 cm³/mol. The van der Waals surface area contributed by atoms with Crippen LogP contribution in [0.3, 0.4) is 0 Å². The molecule has 0 bridgehead atoms. The van der Waals surface area contributed by atoms with E-state index in [-0.39, 0.29) is 18.4 Å². The van der Waals surface area contributed by atoms with Crippen LogP contribution >= 0.6 is 0 Å². The summed E-state index contributed by atoms with van der Waals surface area (Å²) in [7, 11) is 1.97. The number of fused-ring (bicyclic) bond motifs is 1. The first kappa shape index (κ1) is 15.0. The van der Waals surface area contributed by atoms with Gasteiger partial charge in [-0.25, -0.2) is 9.97 Å². The predicted octanol–water partition coefficient (Wildman–Crippen LogP) is 1.46. The number of nitrogens with one attached hydrogen (secondary N) is 1. The Hall–Kier alpha value is -2.88. The number of aromatic nitrogens is 3. The summed E-state index contributed by atoms with van der Waals surface area (Å²) in [6.07, 6.45) is 5.32. The molecular weight excluding hydrogens is 292 g/mol. The largest absolute Gasteiger partial charge is 0.351 e. The van der Waals surface area contributed by atoms with Crippen LogP contribution in [0.4, 0.5) is 5.82 Å². The van der Waals surface area contributed by atoms with Crippen LogP contribution in [0.15, 0.2) is 30.2 Å². The maximum atomic E-state index is 12.0. The second-order valence-corrected chi connectivity index (χ2v) is 5.65. The van der Waals surface area contributed by atoms with Gasteiger partial charge in [0.15, 0.2) is 0 Å². The average molecular weight is 310 g/mol. The van der Waals surface area contributed by atoms with Gasteiger partial charge < -0.3 is 14.8 Å². The number of likely N-dealkylation sites (N-methyl/N-ethyl adjacent to an activating group) is 1. The number of anilines is 1. The Morgan fingerprint density at radius 2 is 2.39 bits per heavy atom. The molecule has 0 spiro atoms. The number of hydrogen-bond acceptors (Lipinski definition) is 5. The summed E-state index contributed by atoms with van der Waals surface area (Å²) in [6.45, 7) is 3.16. The highest BCUT2D eigenvalue weighted by Gasteiger charge is 2.28. The van der Waals surface area contributed by atoms with E-state index in [2.05, 4.69) is 26.8 Å². The molecular formula is C16H18N6O. The number of aromatic amines is 1. The number of amides is 1. The molecule has 1 aliphatic rings. The second-order valence-electron chi connectivity index (χ2n) is 5.65. The van der Waals surface area contributed by atoms with Crippen molar-refractivity contribution in [2.24, 2.45) is 0 Å². The van der Waals surface area contributed by atoms with Gasteiger partial charge in [0.2, 0.25) is 5.91 Å². The van der Waals surface area contributed by atoms with Gasteiger partial charge in [0, 0.05) is 26.3 Å². The van der Waals surface area contributed by atoms with Crippen molar-refractivity contribution in [2.75, 3.05) is 25.0 Å². The van der Waals surface area contributed by atoms with Crippen LogP contribution in [-0.2, 0) is 4.79 Å². The lowest BCUT2D eigenvalue weighted by molar-refractivity contribution is -0.129. The van der Waals surface area contributed by atoms with E-state index in [0.29, 0.717) is 13.1 Å². The first-order valence-corrected chi connectivity index (χ1v) is 7.44. The molecule has 2 aromatic heterocycles. The van der Waals surface area contributed by atoms with Crippen molar-refractivity contribution in [3.8, 4) is 6.07 Å². The minimum atomic E-state index is -0.135. The zero-order chi connectivity index (χ0) is 16.4. The van der Waals surface area contributed by atoms with E-state index in [4.69, 9.17) is 5.26 Å². The Bertz CT molecular complexity index is 802. The summed E-state index contributed by atoms with van der Waals surface area (Å²) < 4.78 is 0. The molecule has 23 heavy (non-hydrogen) atoms. The summed E-state index contributed by atoms with van der Waals surface area (Å²) in [5.41, 5.74) is 1.98. The quantitative estimate of drug-likeness (QED) is 0.867. The molecule has 7 nitrogen and oxygen atoms in total. The van der Waals surface area contributed by atoms with Crippen molar-refractivity contribution in [1.82, 2.24) is 19.9 Å². The third kappa shape index (κ3) is 2.75. The lowest BCUT2D eigenvalue weighted by Crippen LogP contribution is -2.48. The average Bonchev–Trinajstić information content (AvgIpc) is 3.03. The lowest BCUT2D eigenvalue weighted by atomic mass is 10.0. The van der Waals surface area contributed by atoms with Crippen molar-refractivity contribution in [3.63, 3.8) is 0 Å². The fraction of sp³-hybridized carbons (Fsp3) is 0.375. The Kier molecular flexibility index (Phi) is 3.98. The smallest absolute Gasteiger partial charge is 0.237 e. The van der Waals surface area contributed by atoms with Gasteiger partial charge in [0.25, 0.3) is 0 Å². The molecule has 0 radical (unpaired) electrons. The van der Waals surface area contributed by atoms with Gasteiger partial charge in [-0.15, -0.1) is 0 Å². The summed E-state index contributed by atoms with van der Waals surface area (Å²) in [4.78, 5) is 27.5. The number of hydrogen-bond donors (Lipinski definition) is 1. The normalized spacial score (nSPS) is 17.7. The standard InChI is InChI=1S/C16H18N6O/c1-11-5-8-22(14(23)3-6-17)9-13(11)21(2)16-12-4-7-18-15(12)19-10-20-16/h4-5,7,10,13H,3,8-9H2,1-2H3,(H,18,19,20). The van der Waals surface area contributed by atoms with Crippen molar-refractivity contribution < 1.29 is 4.79 Å². The molecule has 118 valence electrons. The molecule has 1 unspecified atom stereocenters. The van der Waals surface area contributed by atoms with E-state index < -0.39 is 0 Å². The van der Waals surface area contributed by atoms with Gasteiger partial charge in [-0.1, -0.05) is 11.6 Å². The van der Waals surface area contributed by atoms with Crippen LogP contribution in [0.25, 0.3) is 11.0 Å². The van der Waals surface area contributed by atoms with Crippen molar-refractivity contribution in [2.45, 2.75) is 19.4 Å². The zero-order valence-corrected chi connectivity index (χ0v) is 13.2. The van der Waals surface area contributed by atoms with E-state index in [9.17, 15) is 4.79 Å². The highest BCUT2D eigenvalue weighted by Crippen LogP contribution is 2.26. The second kappa shape index (κ2) is 6.08. The summed E-state index contributed by atoms with van der Waals surface area (Å²) in [6, 6.07) is 3.90. The maximum absolute atomic E-state index is 12.0. The van der Waals surface area contributed by atoms with Crippen molar-refractivity contribution in [1.29, 1.82) is 5.26 Å². The van der Waals surface area contributed by atoms with Crippen LogP contribution < -0.4 is 4.90 Å². The fourth-order valence-electron chi connectivity index (χ4n) is 2.92. The number of H-pyrrole nitrogens is 1. The van der Waals surface area contributed by atoms with Crippen LogP contribution in [0.2, 0.25) is 0 Å². The molecule has 0 fully saturated rings. The van der Waals surface area contributed by atoms with Gasteiger partial charge in [-0.05, 0) is 13.0 Å². The lowest BCUT2D eigenvalue weighted by Gasteiger charge is -2.37. The minimum Gasteiger partial charge on any atom is -0.351 e. The van der Waals surface area contributed by atoms with E-state index >= 15 is 0 Å². The van der Waals surface area contributed by atoms with E-state index in [0.717, 1.165) is 16.9 Å². The zero-order valence-electron chi connectivity index (χ0n) is 13.2. The molecule has 3 rings (SSSR count). The highest BCUT2D eigenvalue weighted by molar-refractivity contribution is 5.87. The Balaban J connectivity index is 1.89. The number of nitriles is 1. The first-order chi connectivity index (χ1) is 11.1. The Morgan fingerprint density at radius 3 is 3.17 bits per heavy atom. The van der Waals surface area contributed by atoms with Crippen LogP contribution in [0.5, 0.6) is 0 Å². The molecule has 3 heterocycles. The topological polar surface area (TPSA) is 88.9 Å². The van der Waals surface area contributed by atoms with Gasteiger partial charge in [-0.3, -0.25) is 4.79 Å². The number of carbonyl (C=O) groups excluding carboxylic acids is 1. The van der Waals surface area contributed by atoms with Crippen LogP contribution in [0, 0.1) is 11.3 Å². The number of nitrogens with zero attached hydrogens (tertiary/aromatic N) is 5. The Morgan fingerprint density at radius 1 is 1.57 bits per heavy atom. The van der Waals surface area contributed by atoms with Crippen LogP contribution in [0.1, 0.15) is 13.3 Å². The number of carbonyl (C=O) groups is 1. The van der Waals surface area contributed by atoms with Gasteiger partial charge in [-0.2, -0.15) is 5.26 Å². The monoisotopic (exact) mass is 310 g/mol. The molecule has 1 atom stereocenters. The molecule has 2 aromatic rings. The van der Waals surface area contributed by atoms with Crippen LogP contribution in [-0.4, -0.2) is 51.9 Å².